The summed E-state index contributed by atoms with van der Waals surface area (Å²) >= 11 is 0. The molecule has 0 aliphatic carbocycles. The van der Waals surface area contributed by atoms with Crippen molar-refractivity contribution in [3.05, 3.63) is 23.9 Å². The zero-order chi connectivity index (χ0) is 13.2. The van der Waals surface area contributed by atoms with Gasteiger partial charge in [-0.15, -0.1) is 0 Å². The molecule has 0 unspecified atom stereocenters. The molecule has 2 rings (SSSR count). The van der Waals surface area contributed by atoms with E-state index >= 15 is 0 Å². The van der Waals surface area contributed by atoms with Crippen molar-refractivity contribution in [1.29, 1.82) is 0 Å². The highest BCUT2D eigenvalue weighted by Gasteiger charge is 2.40. The van der Waals surface area contributed by atoms with Crippen molar-refractivity contribution >= 4 is 11.8 Å². The first-order valence-corrected chi connectivity index (χ1v) is 5.81. The number of carboxylic acids is 1. The maximum atomic E-state index is 13.3. The quantitative estimate of drug-likeness (QED) is 0.894. The van der Waals surface area contributed by atoms with Crippen LogP contribution in [0, 0.1) is 0 Å². The SMILES string of the molecule is O=C(O)C(F)(F)Cc1cccnc1N1CCCC1. The number of carboxylic acid groups (broad SMARTS) is 1. The minimum Gasteiger partial charge on any atom is -0.477 e. The van der Waals surface area contributed by atoms with Crippen LogP contribution in [0.2, 0.25) is 0 Å². The molecule has 1 fully saturated rings. The van der Waals surface area contributed by atoms with E-state index < -0.39 is 18.3 Å². The second-order valence-electron chi connectivity index (χ2n) is 4.37. The first kappa shape index (κ1) is 12.7. The van der Waals surface area contributed by atoms with Gasteiger partial charge >= 0.3 is 11.9 Å². The van der Waals surface area contributed by atoms with Crippen LogP contribution in [0.25, 0.3) is 0 Å². The Morgan fingerprint density at radius 2 is 2.11 bits per heavy atom. The first-order valence-electron chi connectivity index (χ1n) is 5.81. The number of alkyl halides is 2. The molecule has 0 aromatic carbocycles. The van der Waals surface area contributed by atoms with E-state index in [2.05, 4.69) is 4.98 Å². The zero-order valence-electron chi connectivity index (χ0n) is 9.77. The van der Waals surface area contributed by atoms with Crippen molar-refractivity contribution in [3.63, 3.8) is 0 Å². The standard InChI is InChI=1S/C12H14F2N2O2/c13-12(14,11(17)18)8-9-4-3-5-15-10(9)16-6-1-2-7-16/h3-5H,1-2,6-8H2,(H,17,18). The molecule has 18 heavy (non-hydrogen) atoms. The van der Waals surface area contributed by atoms with E-state index in [0.717, 1.165) is 25.9 Å². The fourth-order valence-corrected chi connectivity index (χ4v) is 2.10. The Balaban J connectivity index is 2.25. The summed E-state index contributed by atoms with van der Waals surface area (Å²) in [5, 5.41) is 8.47. The van der Waals surface area contributed by atoms with Crippen LogP contribution in [-0.2, 0) is 11.2 Å². The predicted octanol–water partition coefficient (Wildman–Crippen LogP) is 1.94. The molecule has 1 aliphatic rings. The Bertz CT molecular complexity index is 445. The van der Waals surface area contributed by atoms with Crippen molar-refractivity contribution in [3.8, 4) is 0 Å². The summed E-state index contributed by atoms with van der Waals surface area (Å²) in [6.45, 7) is 1.56. The van der Waals surface area contributed by atoms with E-state index in [1.54, 1.807) is 6.07 Å². The van der Waals surface area contributed by atoms with E-state index in [1.165, 1.54) is 12.3 Å². The minimum absolute atomic E-state index is 0.284. The van der Waals surface area contributed by atoms with Crippen molar-refractivity contribution in [2.45, 2.75) is 25.2 Å². The van der Waals surface area contributed by atoms with Crippen LogP contribution in [0.15, 0.2) is 18.3 Å². The van der Waals surface area contributed by atoms with Crippen LogP contribution >= 0.6 is 0 Å². The molecule has 0 radical (unpaired) electrons. The number of hydrogen-bond acceptors (Lipinski definition) is 3. The third-order valence-corrected chi connectivity index (χ3v) is 3.00. The van der Waals surface area contributed by atoms with Crippen LogP contribution in [0.3, 0.4) is 0 Å². The van der Waals surface area contributed by atoms with Crippen LogP contribution in [-0.4, -0.2) is 35.1 Å². The van der Waals surface area contributed by atoms with Crippen molar-refractivity contribution < 1.29 is 18.7 Å². The second-order valence-corrected chi connectivity index (χ2v) is 4.37. The largest absolute Gasteiger partial charge is 0.477 e. The Hall–Kier alpha value is -1.72. The Labute approximate surface area is 103 Å². The van der Waals surface area contributed by atoms with E-state index in [9.17, 15) is 13.6 Å². The summed E-state index contributed by atoms with van der Waals surface area (Å²) in [4.78, 5) is 16.5. The molecule has 0 amide bonds. The summed E-state index contributed by atoms with van der Waals surface area (Å²) in [7, 11) is 0. The lowest BCUT2D eigenvalue weighted by Gasteiger charge is -2.21. The number of aliphatic carboxylic acids is 1. The number of hydrogen-bond donors (Lipinski definition) is 1. The fraction of sp³-hybridized carbons (Fsp3) is 0.500. The number of nitrogens with zero attached hydrogens (tertiary/aromatic N) is 2. The summed E-state index contributed by atoms with van der Waals surface area (Å²) < 4.78 is 26.5. The van der Waals surface area contributed by atoms with Gasteiger partial charge in [0.05, 0.1) is 6.42 Å². The summed E-state index contributed by atoms with van der Waals surface area (Å²) in [6, 6.07) is 3.06. The maximum absolute atomic E-state index is 13.3. The summed E-state index contributed by atoms with van der Waals surface area (Å²) in [6.07, 6.45) is 2.73. The smallest absolute Gasteiger partial charge is 0.374 e. The molecule has 1 aromatic rings. The van der Waals surface area contributed by atoms with Crippen LogP contribution < -0.4 is 4.90 Å². The molecule has 2 heterocycles. The number of anilines is 1. The van der Waals surface area contributed by atoms with Gasteiger partial charge in [-0.1, -0.05) is 6.07 Å². The van der Waals surface area contributed by atoms with Gasteiger partial charge in [-0.2, -0.15) is 8.78 Å². The highest BCUT2D eigenvalue weighted by atomic mass is 19.3. The maximum Gasteiger partial charge on any atom is 0.374 e. The predicted molar refractivity (Wildman–Crippen MR) is 62.0 cm³/mol. The van der Waals surface area contributed by atoms with Crippen molar-refractivity contribution in [2.24, 2.45) is 0 Å². The molecule has 1 saturated heterocycles. The molecule has 0 saturated carbocycles. The van der Waals surface area contributed by atoms with Crippen molar-refractivity contribution in [2.75, 3.05) is 18.0 Å². The lowest BCUT2D eigenvalue weighted by atomic mass is 10.1. The number of aromatic nitrogens is 1. The monoisotopic (exact) mass is 256 g/mol. The number of pyridine rings is 1. The van der Waals surface area contributed by atoms with Gasteiger partial charge in [0, 0.05) is 24.8 Å². The first-order chi connectivity index (χ1) is 8.50. The van der Waals surface area contributed by atoms with Crippen LogP contribution in [0.4, 0.5) is 14.6 Å². The minimum atomic E-state index is -3.75. The van der Waals surface area contributed by atoms with Crippen LogP contribution in [0.5, 0.6) is 0 Å². The average molecular weight is 256 g/mol. The van der Waals surface area contributed by atoms with Gasteiger partial charge in [0.25, 0.3) is 0 Å². The van der Waals surface area contributed by atoms with Gasteiger partial charge in [-0.05, 0) is 18.9 Å². The topological polar surface area (TPSA) is 53.4 Å². The van der Waals surface area contributed by atoms with Crippen LogP contribution in [0.1, 0.15) is 18.4 Å². The van der Waals surface area contributed by atoms with Gasteiger partial charge in [0.2, 0.25) is 0 Å². The van der Waals surface area contributed by atoms with E-state index in [-0.39, 0.29) is 5.56 Å². The fourth-order valence-electron chi connectivity index (χ4n) is 2.10. The Morgan fingerprint density at radius 3 is 2.72 bits per heavy atom. The molecule has 6 heteroatoms. The molecule has 1 aromatic heterocycles. The van der Waals surface area contributed by atoms with E-state index in [4.69, 9.17) is 5.11 Å². The molecule has 4 nitrogen and oxygen atoms in total. The molecular formula is C12H14F2N2O2. The van der Waals surface area contributed by atoms with E-state index in [1.807, 2.05) is 4.90 Å². The number of carbonyl (C=O) groups is 1. The molecule has 0 atom stereocenters. The highest BCUT2D eigenvalue weighted by molar-refractivity contribution is 5.76. The molecule has 0 bridgehead atoms. The lowest BCUT2D eigenvalue weighted by molar-refractivity contribution is -0.164. The zero-order valence-corrected chi connectivity index (χ0v) is 9.77. The van der Waals surface area contributed by atoms with Gasteiger partial charge in [0.15, 0.2) is 0 Å². The third-order valence-electron chi connectivity index (χ3n) is 3.00. The normalized spacial score (nSPS) is 16.0. The Kier molecular flexibility index (Phi) is 3.45. The second kappa shape index (κ2) is 4.88. The average Bonchev–Trinajstić information content (AvgIpc) is 2.82. The molecule has 1 N–H and O–H groups in total. The third kappa shape index (κ3) is 2.57. The van der Waals surface area contributed by atoms with Gasteiger partial charge in [-0.25, -0.2) is 9.78 Å². The molecule has 0 spiro atoms. The Morgan fingerprint density at radius 1 is 1.44 bits per heavy atom. The van der Waals surface area contributed by atoms with Gasteiger partial charge in [0.1, 0.15) is 5.82 Å². The summed E-state index contributed by atoms with van der Waals surface area (Å²) in [5.74, 6) is -5.37. The molecule has 1 aliphatic heterocycles. The lowest BCUT2D eigenvalue weighted by Crippen LogP contribution is -2.32. The highest BCUT2D eigenvalue weighted by Crippen LogP contribution is 2.27. The number of halogens is 2. The molecular weight excluding hydrogens is 242 g/mol. The van der Waals surface area contributed by atoms with Gasteiger partial charge in [-0.3, -0.25) is 0 Å². The molecule has 98 valence electrons. The summed E-state index contributed by atoms with van der Waals surface area (Å²) in [5.41, 5.74) is 0.284. The van der Waals surface area contributed by atoms with Gasteiger partial charge < -0.3 is 10.0 Å². The number of rotatable bonds is 4. The van der Waals surface area contributed by atoms with E-state index in [0.29, 0.717) is 5.82 Å². The van der Waals surface area contributed by atoms with Crippen molar-refractivity contribution in [1.82, 2.24) is 4.98 Å².